The highest BCUT2D eigenvalue weighted by atomic mass is 35.5. The number of halogens is 1. The molecule has 0 atom stereocenters. The molecular weight excluding hydrogens is 320 g/mol. The third kappa shape index (κ3) is 5.50. The summed E-state index contributed by atoms with van der Waals surface area (Å²) in [4.78, 5) is 11.4. The lowest BCUT2D eigenvalue weighted by molar-refractivity contribution is -0.120. The number of sulfonamides is 1. The molecule has 0 saturated heterocycles. The predicted molar refractivity (Wildman–Crippen MR) is 78.1 cm³/mol. The van der Waals surface area contributed by atoms with Crippen molar-refractivity contribution < 1.29 is 22.7 Å². The monoisotopic (exact) mass is 336 g/mol. The van der Waals surface area contributed by atoms with E-state index >= 15 is 0 Å². The van der Waals surface area contributed by atoms with E-state index in [-0.39, 0.29) is 16.5 Å². The molecule has 0 bridgehead atoms. The van der Waals surface area contributed by atoms with Gasteiger partial charge in [0.1, 0.15) is 5.75 Å². The minimum Gasteiger partial charge on any atom is -0.495 e. The first kappa shape index (κ1) is 17.7. The second-order valence-corrected chi connectivity index (χ2v) is 6.14. The van der Waals surface area contributed by atoms with Crippen LogP contribution in [0.4, 0.5) is 0 Å². The van der Waals surface area contributed by atoms with Gasteiger partial charge in [0.2, 0.25) is 15.9 Å². The van der Waals surface area contributed by atoms with Crippen LogP contribution in [0.3, 0.4) is 0 Å². The smallest absolute Gasteiger partial charge is 0.241 e. The molecule has 118 valence electrons. The average molecular weight is 337 g/mol. The molecule has 7 nitrogen and oxygen atoms in total. The van der Waals surface area contributed by atoms with Gasteiger partial charge >= 0.3 is 0 Å². The van der Waals surface area contributed by atoms with Crippen LogP contribution in [-0.2, 0) is 19.6 Å². The lowest BCUT2D eigenvalue weighted by Crippen LogP contribution is -2.38. The maximum atomic E-state index is 12.0. The zero-order valence-corrected chi connectivity index (χ0v) is 13.3. The molecule has 0 saturated carbocycles. The summed E-state index contributed by atoms with van der Waals surface area (Å²) in [5.41, 5.74) is 0. The minimum absolute atomic E-state index is 0.0435. The second-order valence-electron chi connectivity index (χ2n) is 3.96. The van der Waals surface area contributed by atoms with Crippen molar-refractivity contribution >= 4 is 27.5 Å². The fourth-order valence-corrected chi connectivity index (χ4v) is 2.74. The molecule has 1 aromatic rings. The lowest BCUT2D eigenvalue weighted by Gasteiger charge is -2.09. The van der Waals surface area contributed by atoms with Crippen LogP contribution < -0.4 is 14.8 Å². The Morgan fingerprint density at radius 3 is 2.62 bits per heavy atom. The average Bonchev–Trinajstić information content (AvgIpc) is 2.45. The third-order valence-corrected chi connectivity index (χ3v) is 4.18. The van der Waals surface area contributed by atoms with E-state index in [1.54, 1.807) is 0 Å². The van der Waals surface area contributed by atoms with Crippen molar-refractivity contribution in [2.24, 2.45) is 0 Å². The Hall–Kier alpha value is -1.35. The largest absolute Gasteiger partial charge is 0.495 e. The molecule has 0 fully saturated rings. The van der Waals surface area contributed by atoms with E-state index in [0.29, 0.717) is 18.9 Å². The second kappa shape index (κ2) is 8.18. The van der Waals surface area contributed by atoms with Gasteiger partial charge < -0.3 is 14.8 Å². The standard InChI is InChI=1S/C12H17ClN2O5S/c1-19-6-5-14-12(16)8-15-21(17,18)9-3-4-11(20-2)10(13)7-9/h3-4,7,15H,5-6,8H2,1-2H3,(H,14,16). The number of benzene rings is 1. The quantitative estimate of drug-likeness (QED) is 0.670. The topological polar surface area (TPSA) is 93.7 Å². The maximum absolute atomic E-state index is 12.0. The molecule has 0 aliphatic rings. The summed E-state index contributed by atoms with van der Waals surface area (Å²) in [5, 5.41) is 2.67. The first-order valence-electron chi connectivity index (χ1n) is 5.99. The van der Waals surface area contributed by atoms with Gasteiger partial charge in [-0.3, -0.25) is 4.79 Å². The van der Waals surface area contributed by atoms with E-state index in [9.17, 15) is 13.2 Å². The summed E-state index contributed by atoms with van der Waals surface area (Å²) in [7, 11) is -0.885. The molecule has 1 aromatic carbocycles. The van der Waals surface area contributed by atoms with E-state index in [2.05, 4.69) is 10.0 Å². The van der Waals surface area contributed by atoms with Crippen LogP contribution in [-0.4, -0.2) is 48.2 Å². The molecule has 0 heterocycles. The van der Waals surface area contributed by atoms with Gasteiger partial charge in [0, 0.05) is 13.7 Å². The van der Waals surface area contributed by atoms with Gasteiger partial charge in [0.25, 0.3) is 0 Å². The maximum Gasteiger partial charge on any atom is 0.241 e. The van der Waals surface area contributed by atoms with Crippen LogP contribution in [0.5, 0.6) is 5.75 Å². The van der Waals surface area contributed by atoms with Gasteiger partial charge in [-0.05, 0) is 18.2 Å². The zero-order valence-electron chi connectivity index (χ0n) is 11.7. The number of hydrogen-bond acceptors (Lipinski definition) is 5. The molecule has 0 aliphatic carbocycles. The van der Waals surface area contributed by atoms with E-state index in [0.717, 1.165) is 0 Å². The number of rotatable bonds is 8. The van der Waals surface area contributed by atoms with Crippen LogP contribution in [0.1, 0.15) is 0 Å². The van der Waals surface area contributed by atoms with E-state index in [1.807, 2.05) is 0 Å². The highest BCUT2D eigenvalue weighted by Gasteiger charge is 2.17. The summed E-state index contributed by atoms with van der Waals surface area (Å²) in [6, 6.07) is 4.04. The minimum atomic E-state index is -3.82. The van der Waals surface area contributed by atoms with E-state index in [4.69, 9.17) is 21.1 Å². The number of nitrogens with one attached hydrogen (secondary N) is 2. The molecule has 0 radical (unpaired) electrons. The first-order valence-corrected chi connectivity index (χ1v) is 7.85. The molecule has 21 heavy (non-hydrogen) atoms. The number of methoxy groups -OCH3 is 2. The molecule has 1 rings (SSSR count). The van der Waals surface area contributed by atoms with Crippen molar-refractivity contribution in [2.75, 3.05) is 33.9 Å². The van der Waals surface area contributed by atoms with Crippen LogP contribution in [0.15, 0.2) is 23.1 Å². The van der Waals surface area contributed by atoms with Crippen molar-refractivity contribution in [3.05, 3.63) is 23.2 Å². The number of amides is 1. The normalized spacial score (nSPS) is 11.2. The van der Waals surface area contributed by atoms with Gasteiger partial charge in [-0.25, -0.2) is 13.1 Å². The highest BCUT2D eigenvalue weighted by molar-refractivity contribution is 7.89. The fourth-order valence-electron chi connectivity index (χ4n) is 1.41. The van der Waals surface area contributed by atoms with E-state index in [1.165, 1.54) is 32.4 Å². The summed E-state index contributed by atoms with van der Waals surface area (Å²) in [6.45, 7) is 0.299. The Morgan fingerprint density at radius 2 is 2.05 bits per heavy atom. The van der Waals surface area contributed by atoms with Crippen LogP contribution in [0, 0.1) is 0 Å². The SMILES string of the molecule is COCCNC(=O)CNS(=O)(=O)c1ccc(OC)c(Cl)c1. The number of hydrogen-bond donors (Lipinski definition) is 2. The molecule has 0 aromatic heterocycles. The highest BCUT2D eigenvalue weighted by Crippen LogP contribution is 2.26. The summed E-state index contributed by atoms with van der Waals surface area (Å²) in [6.07, 6.45) is 0. The Bertz CT molecular complexity index is 591. The molecule has 0 unspecified atom stereocenters. The van der Waals surface area contributed by atoms with Gasteiger partial charge in [0.05, 0.1) is 30.2 Å². The molecule has 1 amide bonds. The van der Waals surface area contributed by atoms with Gasteiger partial charge in [-0.1, -0.05) is 11.6 Å². The number of carbonyl (C=O) groups is 1. The molecule has 0 aliphatic heterocycles. The van der Waals surface area contributed by atoms with Crippen LogP contribution in [0.2, 0.25) is 5.02 Å². The summed E-state index contributed by atoms with van der Waals surface area (Å²) < 4.78 is 35.9. The Morgan fingerprint density at radius 1 is 1.33 bits per heavy atom. The van der Waals surface area contributed by atoms with Crippen LogP contribution >= 0.6 is 11.6 Å². The molecule has 2 N–H and O–H groups in total. The van der Waals surface area contributed by atoms with E-state index < -0.39 is 15.9 Å². The third-order valence-electron chi connectivity index (χ3n) is 2.48. The summed E-state index contributed by atoms with van der Waals surface area (Å²) >= 11 is 5.87. The number of carbonyl (C=O) groups excluding carboxylic acids is 1. The molecule has 9 heteroatoms. The van der Waals surface area contributed by atoms with Gasteiger partial charge in [0.15, 0.2) is 0 Å². The summed E-state index contributed by atoms with van der Waals surface area (Å²) in [5.74, 6) is -0.0804. The van der Waals surface area contributed by atoms with Crippen molar-refractivity contribution in [1.29, 1.82) is 0 Å². The van der Waals surface area contributed by atoms with Gasteiger partial charge in [-0.15, -0.1) is 0 Å². The van der Waals surface area contributed by atoms with Crippen LogP contribution in [0.25, 0.3) is 0 Å². The number of ether oxygens (including phenoxy) is 2. The fraction of sp³-hybridized carbons (Fsp3) is 0.417. The van der Waals surface area contributed by atoms with Gasteiger partial charge in [-0.2, -0.15) is 0 Å². The Kier molecular flexibility index (Phi) is 6.90. The van der Waals surface area contributed by atoms with Crippen molar-refractivity contribution in [1.82, 2.24) is 10.0 Å². The molecule has 0 spiro atoms. The van der Waals surface area contributed by atoms with Crippen molar-refractivity contribution in [3.8, 4) is 5.75 Å². The lowest BCUT2D eigenvalue weighted by atomic mass is 10.3. The van der Waals surface area contributed by atoms with Crippen molar-refractivity contribution in [2.45, 2.75) is 4.90 Å². The Balaban J connectivity index is 2.65. The molecular formula is C12H17ClN2O5S. The zero-order chi connectivity index (χ0) is 15.9. The predicted octanol–water partition coefficient (Wildman–Crippen LogP) is 0.390. The Labute approximate surface area is 128 Å². The first-order chi connectivity index (χ1) is 9.90. The van der Waals surface area contributed by atoms with Crippen molar-refractivity contribution in [3.63, 3.8) is 0 Å².